The third kappa shape index (κ3) is 1.37. The van der Waals surface area contributed by atoms with Crippen molar-refractivity contribution in [3.63, 3.8) is 0 Å². The molecule has 0 spiro atoms. The van der Waals surface area contributed by atoms with Gasteiger partial charge in [-0.15, -0.1) is 0 Å². The van der Waals surface area contributed by atoms with Gasteiger partial charge in [-0.25, -0.2) is 4.98 Å². The van der Waals surface area contributed by atoms with Crippen molar-refractivity contribution in [1.82, 2.24) is 9.55 Å². The number of hydrogen-bond donors (Lipinski definition) is 1. The first-order valence-electron chi connectivity index (χ1n) is 3.12. The highest BCUT2D eigenvalue weighted by Gasteiger charge is 2.32. The number of nitrogens with two attached hydrogens (primary N) is 1. The van der Waals surface area contributed by atoms with Gasteiger partial charge in [-0.1, -0.05) is 0 Å². The van der Waals surface area contributed by atoms with Crippen molar-refractivity contribution < 1.29 is 8.78 Å². The van der Waals surface area contributed by atoms with E-state index in [2.05, 4.69) is 4.98 Å². The van der Waals surface area contributed by atoms with Gasteiger partial charge >= 0.3 is 5.92 Å². The lowest BCUT2D eigenvalue weighted by Crippen LogP contribution is -2.27. The molecule has 2 N–H and O–H groups in total. The number of hydrogen-bond acceptors (Lipinski definition) is 2. The minimum atomic E-state index is -2.97. The second kappa shape index (κ2) is 2.58. The standard InChI is InChI=1S/C6H9F2N3/c1-11-4-10-2-5(11)6(7,8)3-9/h2,4H,3,9H2,1H3. The fraction of sp³-hybridized carbons (Fsp3) is 0.500. The van der Waals surface area contributed by atoms with E-state index < -0.39 is 12.5 Å². The molecule has 5 heteroatoms. The fourth-order valence-electron chi connectivity index (χ4n) is 0.814. The molecule has 0 aliphatic carbocycles. The molecule has 0 fully saturated rings. The fourth-order valence-corrected chi connectivity index (χ4v) is 0.814. The molecular formula is C6H9F2N3. The van der Waals surface area contributed by atoms with E-state index >= 15 is 0 Å². The summed E-state index contributed by atoms with van der Waals surface area (Å²) >= 11 is 0. The number of aromatic nitrogens is 2. The average Bonchev–Trinajstić information content (AvgIpc) is 2.36. The number of imidazole rings is 1. The van der Waals surface area contributed by atoms with E-state index in [1.165, 1.54) is 17.9 Å². The zero-order valence-corrected chi connectivity index (χ0v) is 6.09. The second-order valence-electron chi connectivity index (χ2n) is 2.30. The van der Waals surface area contributed by atoms with E-state index in [1.807, 2.05) is 0 Å². The Kier molecular flexibility index (Phi) is 1.90. The van der Waals surface area contributed by atoms with Crippen LogP contribution in [0.15, 0.2) is 12.5 Å². The van der Waals surface area contributed by atoms with Gasteiger partial charge in [-0.3, -0.25) is 0 Å². The number of halogens is 2. The Bertz CT molecular complexity index is 244. The van der Waals surface area contributed by atoms with Gasteiger partial charge in [-0.05, 0) is 0 Å². The van der Waals surface area contributed by atoms with Crippen LogP contribution >= 0.6 is 0 Å². The van der Waals surface area contributed by atoms with Crippen molar-refractivity contribution >= 4 is 0 Å². The Labute approximate surface area is 62.8 Å². The monoisotopic (exact) mass is 161 g/mol. The second-order valence-corrected chi connectivity index (χ2v) is 2.30. The van der Waals surface area contributed by atoms with Crippen molar-refractivity contribution in [3.8, 4) is 0 Å². The molecule has 3 nitrogen and oxygen atoms in total. The van der Waals surface area contributed by atoms with Gasteiger partial charge in [0, 0.05) is 7.05 Å². The van der Waals surface area contributed by atoms with Gasteiger partial charge in [0.2, 0.25) is 0 Å². The third-order valence-electron chi connectivity index (χ3n) is 1.45. The molecule has 0 aliphatic rings. The van der Waals surface area contributed by atoms with Crippen LogP contribution in [-0.4, -0.2) is 16.1 Å². The summed E-state index contributed by atoms with van der Waals surface area (Å²) in [5, 5.41) is 0. The van der Waals surface area contributed by atoms with Crippen molar-refractivity contribution in [2.75, 3.05) is 6.54 Å². The molecular weight excluding hydrogens is 152 g/mol. The van der Waals surface area contributed by atoms with E-state index in [4.69, 9.17) is 5.73 Å². The van der Waals surface area contributed by atoms with E-state index in [1.54, 1.807) is 0 Å². The highest BCUT2D eigenvalue weighted by Crippen LogP contribution is 2.24. The van der Waals surface area contributed by atoms with Crippen LogP contribution in [0.3, 0.4) is 0 Å². The first-order chi connectivity index (χ1) is 5.08. The molecule has 0 radical (unpaired) electrons. The molecule has 1 rings (SSSR count). The maximum absolute atomic E-state index is 12.8. The van der Waals surface area contributed by atoms with Crippen LogP contribution in [0.25, 0.3) is 0 Å². The van der Waals surface area contributed by atoms with Crippen LogP contribution in [0.2, 0.25) is 0 Å². The van der Waals surface area contributed by atoms with Crippen LogP contribution in [0.4, 0.5) is 8.78 Å². The van der Waals surface area contributed by atoms with Gasteiger partial charge in [-0.2, -0.15) is 8.78 Å². The lowest BCUT2D eigenvalue weighted by Gasteiger charge is -2.13. The van der Waals surface area contributed by atoms with Crippen molar-refractivity contribution in [2.45, 2.75) is 5.92 Å². The predicted octanol–water partition coefficient (Wildman–Crippen LogP) is 0.471. The van der Waals surface area contributed by atoms with Gasteiger partial charge in [0.25, 0.3) is 0 Å². The zero-order valence-electron chi connectivity index (χ0n) is 6.09. The van der Waals surface area contributed by atoms with Crippen LogP contribution in [0, 0.1) is 0 Å². The van der Waals surface area contributed by atoms with Crippen LogP contribution < -0.4 is 5.73 Å². The van der Waals surface area contributed by atoms with Gasteiger partial charge < -0.3 is 10.3 Å². The summed E-state index contributed by atoms with van der Waals surface area (Å²) in [6.45, 7) is -0.688. The third-order valence-corrected chi connectivity index (χ3v) is 1.45. The van der Waals surface area contributed by atoms with Gasteiger partial charge in [0.05, 0.1) is 19.1 Å². The molecule has 0 saturated heterocycles. The van der Waals surface area contributed by atoms with Crippen LogP contribution in [0.1, 0.15) is 5.69 Å². The Morgan fingerprint density at radius 3 is 2.73 bits per heavy atom. The number of alkyl halides is 2. The molecule has 1 aromatic rings. The summed E-state index contributed by atoms with van der Waals surface area (Å²) in [5.74, 6) is -2.97. The number of nitrogens with zero attached hydrogens (tertiary/aromatic N) is 2. The molecule has 0 atom stereocenters. The van der Waals surface area contributed by atoms with Crippen molar-refractivity contribution in [1.29, 1.82) is 0 Å². The summed E-state index contributed by atoms with van der Waals surface area (Å²) < 4.78 is 26.8. The smallest absolute Gasteiger partial charge is 0.301 e. The highest BCUT2D eigenvalue weighted by molar-refractivity contribution is 5.06. The quantitative estimate of drug-likeness (QED) is 0.685. The Morgan fingerprint density at radius 2 is 2.36 bits per heavy atom. The molecule has 11 heavy (non-hydrogen) atoms. The summed E-state index contributed by atoms with van der Waals surface area (Å²) in [7, 11) is 1.51. The molecule has 0 saturated carbocycles. The summed E-state index contributed by atoms with van der Waals surface area (Å²) in [6, 6.07) is 0. The van der Waals surface area contributed by atoms with Gasteiger partial charge in [0.15, 0.2) is 0 Å². The van der Waals surface area contributed by atoms with E-state index in [9.17, 15) is 8.78 Å². The van der Waals surface area contributed by atoms with Crippen molar-refractivity contribution in [2.24, 2.45) is 12.8 Å². The largest absolute Gasteiger partial charge is 0.333 e. The van der Waals surface area contributed by atoms with Gasteiger partial charge in [0.1, 0.15) is 5.69 Å². The lowest BCUT2D eigenvalue weighted by molar-refractivity contribution is -0.00142. The van der Waals surface area contributed by atoms with E-state index in [0.717, 1.165) is 6.20 Å². The summed E-state index contributed by atoms with van der Waals surface area (Å²) in [4.78, 5) is 3.56. The maximum Gasteiger partial charge on any atom is 0.301 e. The Hall–Kier alpha value is -0.970. The number of aryl methyl sites for hydroxylation is 1. The highest BCUT2D eigenvalue weighted by atomic mass is 19.3. The average molecular weight is 161 g/mol. The molecule has 0 aromatic carbocycles. The Morgan fingerprint density at radius 1 is 1.73 bits per heavy atom. The minimum absolute atomic E-state index is 0.153. The van der Waals surface area contributed by atoms with Crippen LogP contribution in [-0.2, 0) is 13.0 Å². The summed E-state index contributed by atoms with van der Waals surface area (Å²) in [6.07, 6.45) is 2.44. The molecule has 0 unspecified atom stereocenters. The summed E-state index contributed by atoms with van der Waals surface area (Å²) in [5.41, 5.74) is 4.72. The first-order valence-corrected chi connectivity index (χ1v) is 3.12. The van der Waals surface area contributed by atoms with Crippen LogP contribution in [0.5, 0.6) is 0 Å². The Balaban J connectivity index is 3.00. The zero-order chi connectivity index (χ0) is 8.48. The topological polar surface area (TPSA) is 43.8 Å². The lowest BCUT2D eigenvalue weighted by atomic mass is 10.2. The first kappa shape index (κ1) is 8.13. The molecule has 62 valence electrons. The SMILES string of the molecule is Cn1cncc1C(F)(F)CN. The number of rotatable bonds is 2. The maximum atomic E-state index is 12.8. The van der Waals surface area contributed by atoms with Crippen molar-refractivity contribution in [3.05, 3.63) is 18.2 Å². The minimum Gasteiger partial charge on any atom is -0.333 e. The molecule has 0 bridgehead atoms. The molecule has 1 heterocycles. The predicted molar refractivity (Wildman–Crippen MR) is 36.2 cm³/mol. The molecule has 1 aromatic heterocycles. The van der Waals surface area contributed by atoms with E-state index in [-0.39, 0.29) is 5.69 Å². The van der Waals surface area contributed by atoms with E-state index in [0.29, 0.717) is 0 Å². The molecule has 0 aliphatic heterocycles. The normalized spacial score (nSPS) is 12.0. The molecule has 0 amide bonds.